The number of benzene rings is 2. The molecule has 14 heteroatoms. The van der Waals surface area contributed by atoms with Crippen molar-refractivity contribution in [3.05, 3.63) is 59.9 Å². The van der Waals surface area contributed by atoms with Crippen molar-refractivity contribution in [3.8, 4) is 28.9 Å². The summed E-state index contributed by atoms with van der Waals surface area (Å²) in [6.45, 7) is 2.28. The van der Waals surface area contributed by atoms with E-state index in [1.807, 2.05) is 24.3 Å². The summed E-state index contributed by atoms with van der Waals surface area (Å²) in [5, 5.41) is 8.31. The Morgan fingerprint density at radius 1 is 1.14 bits per heavy atom. The summed E-state index contributed by atoms with van der Waals surface area (Å²) in [6, 6.07) is 12.8. The maximum absolute atomic E-state index is 12.3. The molecule has 0 spiro atoms. The zero-order chi connectivity index (χ0) is 25.7. The van der Waals surface area contributed by atoms with Gasteiger partial charge in [-0.25, -0.2) is 14.4 Å². The van der Waals surface area contributed by atoms with E-state index in [1.165, 1.54) is 31.2 Å². The molecule has 0 fully saturated rings. The van der Waals surface area contributed by atoms with Crippen LogP contribution < -0.4 is 9.46 Å². The number of aryl methyl sites for hydroxylation is 1. The number of ether oxygens (including phenoxy) is 2. The Labute approximate surface area is 206 Å². The lowest BCUT2D eigenvalue weighted by molar-refractivity contribution is -0.274. The molecule has 0 bridgehead atoms. The molecule has 2 heterocycles. The Morgan fingerprint density at radius 2 is 1.92 bits per heavy atom. The lowest BCUT2D eigenvalue weighted by Gasteiger charge is -2.08. The van der Waals surface area contributed by atoms with Crippen LogP contribution >= 0.6 is 11.9 Å². The highest BCUT2D eigenvalue weighted by molar-refractivity contribution is 7.97. The normalized spacial score (nSPS) is 11.5. The maximum atomic E-state index is 12.3. The number of nitrogens with zero attached hydrogens (tertiary/aromatic N) is 5. The lowest BCUT2D eigenvalue weighted by atomic mass is 10.2. The summed E-state index contributed by atoms with van der Waals surface area (Å²) in [5.41, 5.74) is 1.39. The predicted octanol–water partition coefficient (Wildman–Crippen LogP) is 4.02. The molecule has 0 radical (unpaired) electrons. The van der Waals surface area contributed by atoms with Gasteiger partial charge in [-0.2, -0.15) is 4.98 Å². The second-order valence-corrected chi connectivity index (χ2v) is 8.25. The van der Waals surface area contributed by atoms with E-state index in [4.69, 9.17) is 4.52 Å². The van der Waals surface area contributed by atoms with E-state index in [9.17, 15) is 18.0 Å². The van der Waals surface area contributed by atoms with Gasteiger partial charge in [0.05, 0.1) is 13.7 Å². The van der Waals surface area contributed by atoms with Gasteiger partial charge in [-0.3, -0.25) is 4.79 Å². The van der Waals surface area contributed by atoms with Gasteiger partial charge in [-0.1, -0.05) is 17.3 Å². The summed E-state index contributed by atoms with van der Waals surface area (Å²) in [4.78, 5) is 20.8. The minimum atomic E-state index is -4.77. The number of hydrogen-bond acceptors (Lipinski definition) is 10. The smallest absolute Gasteiger partial charge is 0.468 e. The van der Waals surface area contributed by atoms with Gasteiger partial charge < -0.3 is 14.0 Å². The molecule has 2 aromatic heterocycles. The van der Waals surface area contributed by atoms with Crippen molar-refractivity contribution < 1.29 is 32.0 Å². The van der Waals surface area contributed by atoms with E-state index >= 15 is 0 Å². The van der Waals surface area contributed by atoms with Crippen molar-refractivity contribution in [2.45, 2.75) is 24.7 Å². The fourth-order valence-electron chi connectivity index (χ4n) is 3.03. The van der Waals surface area contributed by atoms with Crippen molar-refractivity contribution in [2.24, 2.45) is 0 Å². The van der Waals surface area contributed by atoms with Crippen LogP contribution in [0.4, 0.5) is 13.2 Å². The summed E-state index contributed by atoms with van der Waals surface area (Å²) in [5.74, 6) is 0.350. The first kappa shape index (κ1) is 25.2. The fourth-order valence-corrected chi connectivity index (χ4v) is 3.74. The van der Waals surface area contributed by atoms with Crippen molar-refractivity contribution >= 4 is 17.9 Å². The van der Waals surface area contributed by atoms with Gasteiger partial charge in [-0.15, -0.1) is 18.3 Å². The Balaban J connectivity index is 1.43. The standard InChI is InChI=1S/C22H19F3N6O4S/c1-13-27-20(21-28-19(30-35-21)15-6-8-16(9-7-15)34-22(23,24)25)29-31(13)12-14-4-3-5-17(10-14)36-26-11-18(32)33-2/h3-10,26H,11-12H2,1-2H3. The number of esters is 1. The quantitative estimate of drug-likeness (QED) is 0.256. The number of halogens is 3. The maximum Gasteiger partial charge on any atom is 0.573 e. The van der Waals surface area contributed by atoms with Crippen LogP contribution in [0.2, 0.25) is 0 Å². The van der Waals surface area contributed by atoms with E-state index < -0.39 is 6.36 Å². The third-order valence-corrected chi connectivity index (χ3v) is 5.46. The Morgan fingerprint density at radius 3 is 2.64 bits per heavy atom. The average Bonchev–Trinajstić information content (AvgIpc) is 3.46. The zero-order valence-electron chi connectivity index (χ0n) is 18.9. The van der Waals surface area contributed by atoms with Gasteiger partial charge >= 0.3 is 12.3 Å². The van der Waals surface area contributed by atoms with Crippen molar-refractivity contribution in [2.75, 3.05) is 13.7 Å². The number of carbonyl (C=O) groups is 1. The average molecular weight is 520 g/mol. The monoisotopic (exact) mass is 520 g/mol. The number of rotatable bonds is 9. The Bertz CT molecular complexity index is 1340. The Hall–Kier alpha value is -3.91. The van der Waals surface area contributed by atoms with Crippen LogP contribution in [0.25, 0.3) is 23.1 Å². The highest BCUT2D eigenvalue weighted by Crippen LogP contribution is 2.26. The van der Waals surface area contributed by atoms with E-state index in [2.05, 4.69) is 34.4 Å². The zero-order valence-corrected chi connectivity index (χ0v) is 19.8. The van der Waals surface area contributed by atoms with E-state index in [1.54, 1.807) is 11.6 Å². The predicted molar refractivity (Wildman–Crippen MR) is 122 cm³/mol. The molecule has 36 heavy (non-hydrogen) atoms. The molecule has 0 unspecified atom stereocenters. The van der Waals surface area contributed by atoms with Crippen molar-refractivity contribution in [3.63, 3.8) is 0 Å². The molecule has 0 saturated carbocycles. The lowest BCUT2D eigenvalue weighted by Crippen LogP contribution is -2.17. The van der Waals surface area contributed by atoms with Crippen molar-refractivity contribution in [1.29, 1.82) is 0 Å². The van der Waals surface area contributed by atoms with Gasteiger partial charge in [0.25, 0.3) is 5.89 Å². The van der Waals surface area contributed by atoms with E-state index in [0.29, 0.717) is 17.9 Å². The summed E-state index contributed by atoms with van der Waals surface area (Å²) in [6.07, 6.45) is -4.77. The molecule has 10 nitrogen and oxygen atoms in total. The van der Waals surface area contributed by atoms with E-state index in [0.717, 1.165) is 22.6 Å². The molecular weight excluding hydrogens is 501 g/mol. The van der Waals surface area contributed by atoms with Gasteiger partial charge in [0.2, 0.25) is 11.6 Å². The first-order valence-corrected chi connectivity index (χ1v) is 11.2. The molecule has 0 saturated heterocycles. The Kier molecular flexibility index (Phi) is 7.55. The molecule has 0 amide bonds. The van der Waals surface area contributed by atoms with Gasteiger partial charge in [0, 0.05) is 10.5 Å². The van der Waals surface area contributed by atoms with Gasteiger partial charge in [-0.05, 0) is 60.8 Å². The van der Waals surface area contributed by atoms with Crippen LogP contribution in [-0.2, 0) is 16.1 Å². The van der Waals surface area contributed by atoms with Gasteiger partial charge in [0.1, 0.15) is 18.1 Å². The van der Waals surface area contributed by atoms with E-state index in [-0.39, 0.29) is 35.8 Å². The summed E-state index contributed by atoms with van der Waals surface area (Å²) >= 11 is 1.31. The molecule has 4 rings (SSSR count). The SMILES string of the molecule is COC(=O)CNSc1cccc(Cn2nc(-c3nc(-c4ccc(OC(F)(F)F)cc4)no3)nc2C)c1. The third kappa shape index (κ3) is 6.60. The van der Waals surface area contributed by atoms with Crippen LogP contribution in [0.3, 0.4) is 0 Å². The highest BCUT2D eigenvalue weighted by Gasteiger charge is 2.31. The molecule has 4 aromatic rings. The number of nitrogens with one attached hydrogen (secondary N) is 1. The molecule has 188 valence electrons. The first-order chi connectivity index (χ1) is 17.2. The number of hydrogen-bond donors (Lipinski definition) is 1. The molecule has 0 aliphatic rings. The third-order valence-electron chi connectivity index (χ3n) is 4.69. The van der Waals surface area contributed by atoms with Crippen LogP contribution in [0.15, 0.2) is 57.9 Å². The highest BCUT2D eigenvalue weighted by atomic mass is 32.2. The van der Waals surface area contributed by atoms with Crippen LogP contribution in [-0.4, -0.2) is 50.9 Å². The molecule has 0 aliphatic carbocycles. The number of carbonyl (C=O) groups excluding carboxylic acids is 1. The van der Waals surface area contributed by atoms with Crippen LogP contribution in [0.5, 0.6) is 5.75 Å². The summed E-state index contributed by atoms with van der Waals surface area (Å²) < 4.78 is 55.3. The minimum Gasteiger partial charge on any atom is -0.468 e. The number of aromatic nitrogens is 5. The first-order valence-electron chi connectivity index (χ1n) is 10.4. The molecule has 2 aromatic carbocycles. The van der Waals surface area contributed by atoms with Gasteiger partial charge in [0.15, 0.2) is 0 Å². The minimum absolute atomic E-state index is 0.0683. The van der Waals surface area contributed by atoms with Crippen LogP contribution in [0, 0.1) is 6.92 Å². The fraction of sp³-hybridized carbons (Fsp3) is 0.227. The molecule has 1 N–H and O–H groups in total. The van der Waals surface area contributed by atoms with Crippen molar-refractivity contribution in [1.82, 2.24) is 29.6 Å². The van der Waals surface area contributed by atoms with Crippen LogP contribution in [0.1, 0.15) is 11.4 Å². The second-order valence-electron chi connectivity index (χ2n) is 7.28. The molecule has 0 atom stereocenters. The number of alkyl halides is 3. The molecular formula is C22H19F3N6O4S. The number of methoxy groups -OCH3 is 1. The topological polar surface area (TPSA) is 117 Å². The molecule has 0 aliphatic heterocycles. The summed E-state index contributed by atoms with van der Waals surface area (Å²) in [7, 11) is 1.33. The largest absolute Gasteiger partial charge is 0.573 e. The second kappa shape index (κ2) is 10.8.